The van der Waals surface area contributed by atoms with Gasteiger partial charge in [-0.15, -0.1) is 0 Å². The van der Waals surface area contributed by atoms with Gasteiger partial charge in [-0.05, 0) is 42.7 Å². The Morgan fingerprint density at radius 3 is 2.40 bits per heavy atom. The van der Waals surface area contributed by atoms with Crippen molar-refractivity contribution in [3.8, 4) is 11.5 Å². The highest BCUT2D eigenvalue weighted by Crippen LogP contribution is 2.17. The SMILES string of the molecule is CCc1ccc(OCC(=O)Oc2ccccc2C)cc1. The van der Waals surface area contributed by atoms with Crippen LogP contribution in [0.4, 0.5) is 0 Å². The van der Waals surface area contributed by atoms with Crippen molar-refractivity contribution in [3.05, 3.63) is 59.7 Å². The number of para-hydroxylation sites is 1. The van der Waals surface area contributed by atoms with Gasteiger partial charge in [0.05, 0.1) is 0 Å². The first kappa shape index (κ1) is 14.1. The van der Waals surface area contributed by atoms with Gasteiger partial charge in [-0.1, -0.05) is 37.3 Å². The molecule has 20 heavy (non-hydrogen) atoms. The molecule has 0 saturated carbocycles. The second-order valence-corrected chi connectivity index (χ2v) is 4.53. The lowest BCUT2D eigenvalue weighted by Gasteiger charge is -2.08. The summed E-state index contributed by atoms with van der Waals surface area (Å²) >= 11 is 0. The first-order valence-corrected chi connectivity index (χ1v) is 6.67. The molecular formula is C17H18O3. The van der Waals surface area contributed by atoms with Gasteiger partial charge in [-0.25, -0.2) is 4.79 Å². The number of hydrogen-bond acceptors (Lipinski definition) is 3. The zero-order valence-corrected chi connectivity index (χ0v) is 11.8. The van der Waals surface area contributed by atoms with E-state index in [4.69, 9.17) is 9.47 Å². The van der Waals surface area contributed by atoms with Crippen LogP contribution >= 0.6 is 0 Å². The normalized spacial score (nSPS) is 10.1. The third-order valence-electron chi connectivity index (χ3n) is 3.01. The fourth-order valence-corrected chi connectivity index (χ4v) is 1.79. The predicted octanol–water partition coefficient (Wildman–Crippen LogP) is 3.54. The summed E-state index contributed by atoms with van der Waals surface area (Å²) in [7, 11) is 0. The van der Waals surface area contributed by atoms with E-state index in [2.05, 4.69) is 6.92 Å². The highest BCUT2D eigenvalue weighted by atomic mass is 16.6. The van der Waals surface area contributed by atoms with Gasteiger partial charge in [-0.2, -0.15) is 0 Å². The van der Waals surface area contributed by atoms with Gasteiger partial charge in [0, 0.05) is 0 Å². The molecule has 2 rings (SSSR count). The number of hydrogen-bond donors (Lipinski definition) is 0. The summed E-state index contributed by atoms with van der Waals surface area (Å²) < 4.78 is 10.7. The van der Waals surface area contributed by atoms with E-state index in [9.17, 15) is 4.79 Å². The van der Waals surface area contributed by atoms with E-state index in [0.29, 0.717) is 11.5 Å². The quantitative estimate of drug-likeness (QED) is 0.615. The number of rotatable bonds is 5. The van der Waals surface area contributed by atoms with Crippen LogP contribution in [0.1, 0.15) is 18.1 Å². The zero-order valence-electron chi connectivity index (χ0n) is 11.8. The van der Waals surface area contributed by atoms with Crippen molar-refractivity contribution in [2.75, 3.05) is 6.61 Å². The minimum absolute atomic E-state index is 0.0974. The maximum absolute atomic E-state index is 11.7. The zero-order chi connectivity index (χ0) is 14.4. The highest BCUT2D eigenvalue weighted by molar-refractivity contribution is 5.74. The van der Waals surface area contributed by atoms with Crippen molar-refractivity contribution in [3.63, 3.8) is 0 Å². The summed E-state index contributed by atoms with van der Waals surface area (Å²) in [5, 5.41) is 0. The maximum atomic E-state index is 11.7. The topological polar surface area (TPSA) is 35.5 Å². The van der Waals surface area contributed by atoms with Crippen molar-refractivity contribution < 1.29 is 14.3 Å². The lowest BCUT2D eigenvalue weighted by atomic mass is 10.2. The van der Waals surface area contributed by atoms with E-state index < -0.39 is 5.97 Å². The van der Waals surface area contributed by atoms with Crippen LogP contribution in [0.3, 0.4) is 0 Å². The molecule has 0 aromatic heterocycles. The maximum Gasteiger partial charge on any atom is 0.349 e. The molecule has 3 heteroatoms. The van der Waals surface area contributed by atoms with E-state index in [1.165, 1.54) is 5.56 Å². The number of aryl methyl sites for hydroxylation is 2. The first-order chi connectivity index (χ1) is 9.69. The molecule has 0 amide bonds. The number of carbonyl (C=O) groups excluding carboxylic acids is 1. The van der Waals surface area contributed by atoms with Gasteiger partial charge in [0.15, 0.2) is 6.61 Å². The van der Waals surface area contributed by atoms with Crippen molar-refractivity contribution in [2.45, 2.75) is 20.3 Å². The minimum atomic E-state index is -0.404. The Kier molecular flexibility index (Phi) is 4.77. The fourth-order valence-electron chi connectivity index (χ4n) is 1.79. The van der Waals surface area contributed by atoms with Gasteiger partial charge >= 0.3 is 5.97 Å². The number of ether oxygens (including phenoxy) is 2. The summed E-state index contributed by atoms with van der Waals surface area (Å²) in [6, 6.07) is 15.1. The molecule has 0 fully saturated rings. The highest BCUT2D eigenvalue weighted by Gasteiger charge is 2.07. The fraction of sp³-hybridized carbons (Fsp3) is 0.235. The van der Waals surface area contributed by atoms with E-state index >= 15 is 0 Å². The molecule has 0 atom stereocenters. The Bertz CT molecular complexity index is 573. The Morgan fingerprint density at radius 2 is 1.75 bits per heavy atom. The lowest BCUT2D eigenvalue weighted by molar-refractivity contribution is -0.136. The Morgan fingerprint density at radius 1 is 1.05 bits per heavy atom. The Balaban J connectivity index is 1.87. The molecule has 0 bridgehead atoms. The second-order valence-electron chi connectivity index (χ2n) is 4.53. The summed E-state index contributed by atoms with van der Waals surface area (Å²) in [6.45, 7) is 3.89. The van der Waals surface area contributed by atoms with Crippen LogP contribution in [-0.4, -0.2) is 12.6 Å². The summed E-state index contributed by atoms with van der Waals surface area (Å²) in [5.41, 5.74) is 2.16. The average molecular weight is 270 g/mol. The molecule has 0 spiro atoms. The molecule has 0 aliphatic heterocycles. The van der Waals surface area contributed by atoms with Crippen LogP contribution in [0.5, 0.6) is 11.5 Å². The molecule has 104 valence electrons. The van der Waals surface area contributed by atoms with Gasteiger partial charge in [0.2, 0.25) is 0 Å². The van der Waals surface area contributed by atoms with Gasteiger partial charge in [0.25, 0.3) is 0 Å². The summed E-state index contributed by atoms with van der Waals surface area (Å²) in [5.74, 6) is 0.838. The average Bonchev–Trinajstić information content (AvgIpc) is 2.48. The molecule has 0 radical (unpaired) electrons. The van der Waals surface area contributed by atoms with Crippen LogP contribution in [0, 0.1) is 6.92 Å². The molecule has 3 nitrogen and oxygen atoms in total. The Labute approximate surface area is 119 Å². The van der Waals surface area contributed by atoms with Gasteiger partial charge in [-0.3, -0.25) is 0 Å². The molecular weight excluding hydrogens is 252 g/mol. The third-order valence-corrected chi connectivity index (χ3v) is 3.01. The van der Waals surface area contributed by atoms with Gasteiger partial charge in [0.1, 0.15) is 11.5 Å². The number of carbonyl (C=O) groups is 1. The van der Waals surface area contributed by atoms with Crippen LogP contribution in [0.15, 0.2) is 48.5 Å². The smallest absolute Gasteiger partial charge is 0.349 e. The molecule has 0 aliphatic carbocycles. The lowest BCUT2D eigenvalue weighted by Crippen LogP contribution is -2.18. The van der Waals surface area contributed by atoms with Crippen LogP contribution < -0.4 is 9.47 Å². The van der Waals surface area contributed by atoms with Crippen molar-refractivity contribution in [1.29, 1.82) is 0 Å². The molecule has 0 N–H and O–H groups in total. The standard InChI is InChI=1S/C17H18O3/c1-3-14-8-10-15(11-9-14)19-12-17(18)20-16-7-5-4-6-13(16)2/h4-11H,3,12H2,1-2H3. The molecule has 2 aromatic carbocycles. The second kappa shape index (κ2) is 6.75. The van der Waals surface area contributed by atoms with Gasteiger partial charge < -0.3 is 9.47 Å². The first-order valence-electron chi connectivity index (χ1n) is 6.67. The molecule has 2 aromatic rings. The Hall–Kier alpha value is -2.29. The van der Waals surface area contributed by atoms with Crippen molar-refractivity contribution in [1.82, 2.24) is 0 Å². The minimum Gasteiger partial charge on any atom is -0.482 e. The van der Waals surface area contributed by atoms with Crippen molar-refractivity contribution >= 4 is 5.97 Å². The largest absolute Gasteiger partial charge is 0.482 e. The summed E-state index contributed by atoms with van der Waals surface area (Å²) in [4.78, 5) is 11.7. The predicted molar refractivity (Wildman–Crippen MR) is 78.1 cm³/mol. The van der Waals surface area contributed by atoms with E-state index in [1.807, 2.05) is 49.4 Å². The number of esters is 1. The monoisotopic (exact) mass is 270 g/mol. The van der Waals surface area contributed by atoms with E-state index in [-0.39, 0.29) is 6.61 Å². The molecule has 0 aliphatic rings. The molecule has 0 heterocycles. The van der Waals surface area contributed by atoms with Crippen LogP contribution in [-0.2, 0) is 11.2 Å². The van der Waals surface area contributed by atoms with Crippen LogP contribution in [0.25, 0.3) is 0 Å². The number of benzene rings is 2. The van der Waals surface area contributed by atoms with E-state index in [1.54, 1.807) is 6.07 Å². The molecule has 0 unspecified atom stereocenters. The van der Waals surface area contributed by atoms with E-state index in [0.717, 1.165) is 12.0 Å². The summed E-state index contributed by atoms with van der Waals surface area (Å²) in [6.07, 6.45) is 0.982. The third kappa shape index (κ3) is 3.85. The molecule has 0 saturated heterocycles. The van der Waals surface area contributed by atoms with Crippen molar-refractivity contribution in [2.24, 2.45) is 0 Å². The van der Waals surface area contributed by atoms with Crippen LogP contribution in [0.2, 0.25) is 0 Å².